The molecule has 21 heavy (non-hydrogen) atoms. The summed E-state index contributed by atoms with van der Waals surface area (Å²) in [5, 5.41) is 1.77. The van der Waals surface area contributed by atoms with Crippen molar-refractivity contribution in [3.63, 3.8) is 0 Å². The Balaban J connectivity index is 1.77. The number of aryl methyl sites for hydroxylation is 1. The fourth-order valence-electron chi connectivity index (χ4n) is 2.16. The molecule has 0 bridgehead atoms. The van der Waals surface area contributed by atoms with Crippen molar-refractivity contribution >= 4 is 39.4 Å². The number of thioether (sulfide) groups is 1. The van der Waals surface area contributed by atoms with E-state index >= 15 is 0 Å². The molecule has 106 valence electrons. The number of hydrogen-bond acceptors (Lipinski definition) is 3. The maximum atomic E-state index is 12.2. The Kier molecular flexibility index (Phi) is 4.04. The highest BCUT2D eigenvalue weighted by Gasteiger charge is 2.12. The predicted octanol–water partition coefficient (Wildman–Crippen LogP) is 5.26. The summed E-state index contributed by atoms with van der Waals surface area (Å²) in [7, 11) is 0. The first-order chi connectivity index (χ1) is 10.1. The lowest BCUT2D eigenvalue weighted by atomic mass is 10.1. The molecule has 0 aliphatic rings. The topological polar surface area (TPSA) is 30.2 Å². The highest BCUT2D eigenvalue weighted by molar-refractivity contribution is 8.13. The number of rotatable bonds is 3. The van der Waals surface area contributed by atoms with E-state index in [1.165, 1.54) is 11.8 Å². The van der Waals surface area contributed by atoms with Crippen LogP contribution >= 0.6 is 23.4 Å². The van der Waals surface area contributed by atoms with E-state index in [2.05, 4.69) is 6.07 Å². The Bertz CT molecular complexity index is 790. The molecular formula is C17H13ClO2S. The van der Waals surface area contributed by atoms with Gasteiger partial charge in [-0.1, -0.05) is 35.0 Å². The minimum Gasteiger partial charge on any atom is -0.464 e. The van der Waals surface area contributed by atoms with Crippen molar-refractivity contribution in [2.75, 3.05) is 0 Å². The fourth-order valence-corrected chi connectivity index (χ4v) is 3.05. The average molecular weight is 317 g/mol. The van der Waals surface area contributed by atoms with Crippen LogP contribution in [0.25, 0.3) is 11.0 Å². The lowest BCUT2D eigenvalue weighted by Crippen LogP contribution is -1.96. The lowest BCUT2D eigenvalue weighted by molar-refractivity contribution is -0.110. The van der Waals surface area contributed by atoms with Gasteiger partial charge in [-0.25, -0.2) is 0 Å². The first-order valence-corrected chi connectivity index (χ1v) is 7.74. The molecule has 0 fully saturated rings. The largest absolute Gasteiger partial charge is 0.464 e. The van der Waals surface area contributed by atoms with E-state index in [1.54, 1.807) is 18.4 Å². The maximum Gasteiger partial charge on any atom is 0.198 e. The maximum absolute atomic E-state index is 12.2. The summed E-state index contributed by atoms with van der Waals surface area (Å²) >= 11 is 7.06. The Labute approximate surface area is 132 Å². The SMILES string of the molecule is Cc1ccc2occ(CC(=O)Sc3ccc(Cl)cc3)c2c1. The molecule has 0 saturated carbocycles. The molecule has 0 atom stereocenters. The molecule has 1 aromatic heterocycles. The molecule has 2 nitrogen and oxygen atoms in total. The van der Waals surface area contributed by atoms with E-state index in [1.807, 2.05) is 31.2 Å². The van der Waals surface area contributed by atoms with Gasteiger partial charge in [0.15, 0.2) is 5.12 Å². The predicted molar refractivity (Wildman–Crippen MR) is 87.0 cm³/mol. The number of furan rings is 1. The van der Waals surface area contributed by atoms with Crippen LogP contribution in [0.1, 0.15) is 11.1 Å². The molecule has 0 saturated heterocycles. The molecule has 0 unspecified atom stereocenters. The van der Waals surface area contributed by atoms with E-state index in [-0.39, 0.29) is 5.12 Å². The van der Waals surface area contributed by atoms with Crippen LogP contribution in [0.5, 0.6) is 0 Å². The quantitative estimate of drug-likeness (QED) is 0.618. The van der Waals surface area contributed by atoms with E-state index in [0.29, 0.717) is 11.4 Å². The van der Waals surface area contributed by atoms with Crippen molar-refractivity contribution in [1.82, 2.24) is 0 Å². The number of fused-ring (bicyclic) bond motifs is 1. The van der Waals surface area contributed by atoms with Gasteiger partial charge >= 0.3 is 0 Å². The zero-order chi connectivity index (χ0) is 14.8. The van der Waals surface area contributed by atoms with Crippen LogP contribution < -0.4 is 0 Å². The van der Waals surface area contributed by atoms with Gasteiger partial charge in [-0.3, -0.25) is 4.79 Å². The Morgan fingerprint density at radius 1 is 1.19 bits per heavy atom. The third-order valence-electron chi connectivity index (χ3n) is 3.19. The summed E-state index contributed by atoms with van der Waals surface area (Å²) in [5.41, 5.74) is 2.91. The smallest absolute Gasteiger partial charge is 0.198 e. The molecule has 1 heterocycles. The summed E-state index contributed by atoms with van der Waals surface area (Å²) in [6.45, 7) is 2.03. The van der Waals surface area contributed by atoms with Gasteiger partial charge in [-0.05, 0) is 43.3 Å². The second-order valence-corrected chi connectivity index (χ2v) is 6.43. The van der Waals surface area contributed by atoms with Crippen LogP contribution in [-0.4, -0.2) is 5.12 Å². The molecule has 3 rings (SSSR count). The van der Waals surface area contributed by atoms with E-state index in [0.717, 1.165) is 27.0 Å². The molecule has 0 amide bonds. The first kappa shape index (κ1) is 14.2. The third kappa shape index (κ3) is 3.31. The van der Waals surface area contributed by atoms with Crippen molar-refractivity contribution in [2.45, 2.75) is 18.2 Å². The summed E-state index contributed by atoms with van der Waals surface area (Å²) in [6, 6.07) is 13.3. The molecule has 0 spiro atoms. The molecule has 0 aliphatic heterocycles. The van der Waals surface area contributed by atoms with Crippen LogP contribution in [-0.2, 0) is 11.2 Å². The van der Waals surface area contributed by atoms with Crippen molar-refractivity contribution in [1.29, 1.82) is 0 Å². The summed E-state index contributed by atoms with van der Waals surface area (Å²) in [5.74, 6) is 0. The minimum atomic E-state index is 0.0847. The van der Waals surface area contributed by atoms with Gasteiger partial charge in [0.2, 0.25) is 0 Å². The fraction of sp³-hybridized carbons (Fsp3) is 0.118. The molecule has 3 aromatic rings. The molecule has 2 aromatic carbocycles. The van der Waals surface area contributed by atoms with Gasteiger partial charge in [-0.2, -0.15) is 0 Å². The van der Waals surface area contributed by atoms with Gasteiger partial charge in [0.1, 0.15) is 5.58 Å². The average Bonchev–Trinajstić information content (AvgIpc) is 2.84. The van der Waals surface area contributed by atoms with Gasteiger partial charge in [0.05, 0.1) is 6.26 Å². The third-order valence-corrected chi connectivity index (χ3v) is 4.32. The highest BCUT2D eigenvalue weighted by Crippen LogP contribution is 2.27. The highest BCUT2D eigenvalue weighted by atomic mass is 35.5. The molecule has 0 aliphatic carbocycles. The second-order valence-electron chi connectivity index (χ2n) is 4.87. The Morgan fingerprint density at radius 2 is 1.95 bits per heavy atom. The molecular weight excluding hydrogens is 304 g/mol. The summed E-state index contributed by atoms with van der Waals surface area (Å²) < 4.78 is 5.49. The normalized spacial score (nSPS) is 11.0. The molecule has 0 radical (unpaired) electrons. The van der Waals surface area contributed by atoms with E-state index < -0.39 is 0 Å². The second kappa shape index (κ2) is 5.96. The number of carbonyl (C=O) groups is 1. The van der Waals surface area contributed by atoms with Crippen molar-refractivity contribution in [3.05, 3.63) is 64.9 Å². The van der Waals surface area contributed by atoms with Gasteiger partial charge in [0.25, 0.3) is 0 Å². The lowest BCUT2D eigenvalue weighted by Gasteiger charge is -2.01. The van der Waals surface area contributed by atoms with E-state index in [4.69, 9.17) is 16.0 Å². The number of halogens is 1. The Morgan fingerprint density at radius 3 is 2.71 bits per heavy atom. The number of carbonyl (C=O) groups excluding carboxylic acids is 1. The van der Waals surface area contributed by atoms with Crippen molar-refractivity contribution < 1.29 is 9.21 Å². The summed E-state index contributed by atoms with van der Waals surface area (Å²) in [4.78, 5) is 13.1. The zero-order valence-corrected chi connectivity index (χ0v) is 13.0. The number of benzene rings is 2. The molecule has 0 N–H and O–H groups in total. The van der Waals surface area contributed by atoms with Crippen LogP contribution in [0, 0.1) is 6.92 Å². The minimum absolute atomic E-state index is 0.0847. The van der Waals surface area contributed by atoms with Crippen LogP contribution in [0.3, 0.4) is 0 Å². The first-order valence-electron chi connectivity index (χ1n) is 6.55. The van der Waals surface area contributed by atoms with Crippen molar-refractivity contribution in [2.24, 2.45) is 0 Å². The van der Waals surface area contributed by atoms with Crippen molar-refractivity contribution in [3.8, 4) is 0 Å². The summed E-state index contributed by atoms with van der Waals surface area (Å²) in [6.07, 6.45) is 2.02. The van der Waals surface area contributed by atoms with Gasteiger partial charge in [0, 0.05) is 27.3 Å². The zero-order valence-electron chi connectivity index (χ0n) is 11.4. The van der Waals surface area contributed by atoms with E-state index in [9.17, 15) is 4.79 Å². The van der Waals surface area contributed by atoms with Crippen LogP contribution in [0.15, 0.2) is 58.0 Å². The standard InChI is InChI=1S/C17H13ClO2S/c1-11-2-7-16-15(8-11)12(10-20-16)9-17(19)21-14-5-3-13(18)4-6-14/h2-8,10H,9H2,1H3. The molecule has 4 heteroatoms. The monoisotopic (exact) mass is 316 g/mol. The van der Waals surface area contributed by atoms with Gasteiger partial charge in [-0.15, -0.1) is 0 Å². The Hall–Kier alpha value is -1.71. The van der Waals surface area contributed by atoms with Crippen LogP contribution in [0.4, 0.5) is 0 Å². The van der Waals surface area contributed by atoms with Gasteiger partial charge < -0.3 is 4.42 Å². The number of hydrogen-bond donors (Lipinski definition) is 0. The van der Waals surface area contributed by atoms with Crippen LogP contribution in [0.2, 0.25) is 5.02 Å².